The number of amides is 2. The molecular weight excluding hydrogens is 510 g/mol. The highest BCUT2D eigenvalue weighted by Gasteiger charge is 2.36. The SMILES string of the molecule is N=C(N)SCCCn1cc(C2=C(c3c[nH]c4cc5c(cc34)OCO5)C(=O)NC2=O)c2cc3c(cc21)OCO3. The summed E-state index contributed by atoms with van der Waals surface area (Å²) in [4.78, 5) is 29.7. The molecule has 0 spiro atoms. The summed E-state index contributed by atoms with van der Waals surface area (Å²) in [6, 6.07) is 7.38. The van der Waals surface area contributed by atoms with Gasteiger partial charge in [-0.15, -0.1) is 0 Å². The standard InChI is InChI=1S/C26H21N5O6S/c27-26(28)38-3-1-2-31-9-15(13-5-19-21(7-17(13)31)37-11-35-19)23-22(24(32)30-25(23)33)14-8-29-16-6-20-18(4-12(14)16)34-10-36-20/h4-9,29H,1-3,10-11H2,(H3,27,28)(H,30,32,33). The number of aromatic amines is 1. The average molecular weight is 532 g/mol. The Balaban J connectivity index is 1.40. The summed E-state index contributed by atoms with van der Waals surface area (Å²) in [7, 11) is 0. The van der Waals surface area contributed by atoms with E-state index in [9.17, 15) is 9.59 Å². The number of aryl methyl sites for hydroxylation is 1. The number of rotatable bonds is 6. The summed E-state index contributed by atoms with van der Waals surface area (Å²) in [6.07, 6.45) is 4.35. The lowest BCUT2D eigenvalue weighted by atomic mass is 9.95. The molecule has 3 aliphatic heterocycles. The van der Waals surface area contributed by atoms with Crippen LogP contribution in [0.4, 0.5) is 0 Å². The van der Waals surface area contributed by atoms with E-state index >= 15 is 0 Å². The molecule has 0 atom stereocenters. The molecule has 0 saturated heterocycles. The molecule has 0 fully saturated rings. The number of amidine groups is 1. The van der Waals surface area contributed by atoms with Crippen LogP contribution in [0.3, 0.4) is 0 Å². The molecule has 5 N–H and O–H groups in total. The quantitative estimate of drug-likeness (QED) is 0.128. The lowest BCUT2D eigenvalue weighted by Gasteiger charge is -2.05. The Bertz CT molecular complexity index is 1740. The van der Waals surface area contributed by atoms with E-state index in [1.165, 1.54) is 11.8 Å². The summed E-state index contributed by atoms with van der Waals surface area (Å²) in [5.74, 6) is 2.14. The second-order valence-corrected chi connectivity index (χ2v) is 10.1. The number of imide groups is 1. The van der Waals surface area contributed by atoms with Crippen molar-refractivity contribution >= 4 is 61.7 Å². The number of aromatic nitrogens is 2. The topological polar surface area (TPSA) is 154 Å². The number of nitrogens with two attached hydrogens (primary N) is 1. The molecule has 11 nitrogen and oxygen atoms in total. The van der Waals surface area contributed by atoms with Crippen LogP contribution in [0.1, 0.15) is 17.5 Å². The fourth-order valence-corrected chi connectivity index (χ4v) is 5.66. The smallest absolute Gasteiger partial charge is 0.259 e. The molecule has 0 radical (unpaired) electrons. The number of hydrogen-bond acceptors (Lipinski definition) is 8. The van der Waals surface area contributed by atoms with Crippen molar-refractivity contribution in [2.75, 3.05) is 19.3 Å². The largest absolute Gasteiger partial charge is 0.454 e. The summed E-state index contributed by atoms with van der Waals surface area (Å²) < 4.78 is 24.3. The molecule has 12 heteroatoms. The van der Waals surface area contributed by atoms with Crippen molar-refractivity contribution in [1.82, 2.24) is 14.9 Å². The maximum Gasteiger partial charge on any atom is 0.259 e. The lowest BCUT2D eigenvalue weighted by Crippen LogP contribution is -2.22. The fourth-order valence-electron chi connectivity index (χ4n) is 5.17. The predicted molar refractivity (Wildman–Crippen MR) is 141 cm³/mol. The molecule has 5 heterocycles. The van der Waals surface area contributed by atoms with Gasteiger partial charge >= 0.3 is 0 Å². The van der Waals surface area contributed by atoms with Gasteiger partial charge in [0.1, 0.15) is 0 Å². The number of carbonyl (C=O) groups is 2. The lowest BCUT2D eigenvalue weighted by molar-refractivity contribution is -0.122. The van der Waals surface area contributed by atoms with Gasteiger partial charge in [-0.25, -0.2) is 0 Å². The number of ether oxygens (including phenoxy) is 4. The summed E-state index contributed by atoms with van der Waals surface area (Å²) in [5, 5.41) is 11.5. The third-order valence-electron chi connectivity index (χ3n) is 6.82. The van der Waals surface area contributed by atoms with E-state index in [2.05, 4.69) is 10.3 Å². The highest BCUT2D eigenvalue weighted by atomic mass is 32.2. The zero-order valence-corrected chi connectivity index (χ0v) is 20.7. The van der Waals surface area contributed by atoms with Crippen molar-refractivity contribution in [3.63, 3.8) is 0 Å². The average Bonchev–Trinajstić information content (AvgIpc) is 3.70. The van der Waals surface area contributed by atoms with Gasteiger partial charge in [-0.05, 0) is 18.6 Å². The van der Waals surface area contributed by atoms with Gasteiger partial charge in [-0.1, -0.05) is 11.8 Å². The van der Waals surface area contributed by atoms with E-state index in [0.717, 1.165) is 28.2 Å². The van der Waals surface area contributed by atoms with Gasteiger partial charge in [-0.3, -0.25) is 20.3 Å². The highest BCUT2D eigenvalue weighted by molar-refractivity contribution is 8.13. The summed E-state index contributed by atoms with van der Waals surface area (Å²) in [6.45, 7) is 0.862. The third-order valence-corrected chi connectivity index (χ3v) is 7.62. The molecule has 4 aromatic rings. The van der Waals surface area contributed by atoms with E-state index in [0.29, 0.717) is 46.4 Å². The Morgan fingerprint density at radius 1 is 0.921 bits per heavy atom. The van der Waals surface area contributed by atoms with Crippen LogP contribution in [0.5, 0.6) is 23.0 Å². The Morgan fingerprint density at radius 3 is 2.26 bits per heavy atom. The first-order valence-electron chi connectivity index (χ1n) is 11.9. The minimum Gasteiger partial charge on any atom is -0.454 e. The Morgan fingerprint density at radius 2 is 1.55 bits per heavy atom. The Kier molecular flexibility index (Phi) is 5.05. The van der Waals surface area contributed by atoms with Crippen molar-refractivity contribution in [2.45, 2.75) is 13.0 Å². The molecule has 2 aromatic carbocycles. The zero-order valence-electron chi connectivity index (χ0n) is 19.9. The first kappa shape index (κ1) is 22.6. The molecule has 3 aliphatic rings. The van der Waals surface area contributed by atoms with Crippen LogP contribution in [-0.2, 0) is 16.1 Å². The zero-order chi connectivity index (χ0) is 26.0. The van der Waals surface area contributed by atoms with Gasteiger partial charge in [0.05, 0.1) is 16.7 Å². The second kappa shape index (κ2) is 8.48. The van der Waals surface area contributed by atoms with E-state index in [1.54, 1.807) is 6.20 Å². The van der Waals surface area contributed by atoms with Crippen LogP contribution in [0.2, 0.25) is 0 Å². The number of fused-ring (bicyclic) bond motifs is 4. The molecule has 38 heavy (non-hydrogen) atoms. The van der Waals surface area contributed by atoms with E-state index in [1.807, 2.05) is 35.0 Å². The number of carbonyl (C=O) groups excluding carboxylic acids is 2. The van der Waals surface area contributed by atoms with E-state index in [-0.39, 0.29) is 29.9 Å². The van der Waals surface area contributed by atoms with Gasteiger partial charge in [0.2, 0.25) is 13.6 Å². The number of thioether (sulfide) groups is 1. The third kappa shape index (κ3) is 3.48. The summed E-state index contributed by atoms with van der Waals surface area (Å²) in [5.41, 5.74) is 8.86. The molecular formula is C26H21N5O6S. The highest BCUT2D eigenvalue weighted by Crippen LogP contribution is 2.44. The predicted octanol–water partition coefficient (Wildman–Crippen LogP) is 3.16. The van der Waals surface area contributed by atoms with E-state index in [4.69, 9.17) is 30.1 Å². The molecule has 192 valence electrons. The molecule has 2 aromatic heterocycles. The molecule has 7 rings (SSSR count). The van der Waals surface area contributed by atoms with Crippen molar-refractivity contribution in [1.29, 1.82) is 5.41 Å². The summed E-state index contributed by atoms with van der Waals surface area (Å²) >= 11 is 1.28. The van der Waals surface area contributed by atoms with Crippen LogP contribution in [-0.4, -0.2) is 45.9 Å². The maximum absolute atomic E-state index is 13.3. The van der Waals surface area contributed by atoms with Gasteiger partial charge in [0.25, 0.3) is 11.8 Å². The van der Waals surface area contributed by atoms with Gasteiger partial charge < -0.3 is 34.2 Å². The van der Waals surface area contributed by atoms with Crippen LogP contribution in [0, 0.1) is 5.41 Å². The first-order valence-corrected chi connectivity index (χ1v) is 12.9. The number of H-pyrrole nitrogens is 1. The fraction of sp³-hybridized carbons (Fsp3) is 0.192. The van der Waals surface area contributed by atoms with Gasteiger partial charge in [-0.2, -0.15) is 0 Å². The van der Waals surface area contributed by atoms with Crippen molar-refractivity contribution < 1.29 is 28.5 Å². The van der Waals surface area contributed by atoms with Crippen LogP contribution < -0.4 is 30.0 Å². The van der Waals surface area contributed by atoms with Gasteiger partial charge in [0.15, 0.2) is 28.2 Å². The molecule has 2 amide bonds. The Labute approximate surface area is 219 Å². The van der Waals surface area contributed by atoms with Crippen molar-refractivity contribution in [3.8, 4) is 23.0 Å². The number of benzene rings is 2. The monoisotopic (exact) mass is 531 g/mol. The Hall–Kier alpha value is -4.58. The first-order chi connectivity index (χ1) is 18.5. The number of nitrogens with zero attached hydrogens (tertiary/aromatic N) is 1. The maximum atomic E-state index is 13.3. The minimum atomic E-state index is -0.469. The van der Waals surface area contributed by atoms with Crippen LogP contribution >= 0.6 is 11.8 Å². The van der Waals surface area contributed by atoms with Crippen LogP contribution in [0.25, 0.3) is 33.0 Å². The van der Waals surface area contributed by atoms with E-state index < -0.39 is 11.8 Å². The molecule has 0 bridgehead atoms. The minimum absolute atomic E-state index is 0.0729. The normalized spacial score (nSPS) is 15.8. The number of hydrogen-bond donors (Lipinski definition) is 4. The van der Waals surface area contributed by atoms with Crippen LogP contribution in [0.15, 0.2) is 36.7 Å². The molecule has 0 saturated carbocycles. The number of nitrogens with one attached hydrogen (secondary N) is 3. The second-order valence-electron chi connectivity index (χ2n) is 9.01. The molecule has 0 unspecified atom stereocenters. The van der Waals surface area contributed by atoms with Crippen molar-refractivity contribution in [3.05, 3.63) is 47.8 Å². The van der Waals surface area contributed by atoms with Crippen molar-refractivity contribution in [2.24, 2.45) is 5.73 Å². The molecule has 0 aliphatic carbocycles. The van der Waals surface area contributed by atoms with Gasteiger partial charge in [0, 0.05) is 64.2 Å².